The third-order valence-electron chi connectivity index (χ3n) is 3.15. The van der Waals surface area contributed by atoms with Crippen molar-refractivity contribution in [2.24, 2.45) is 0 Å². The predicted octanol–water partition coefficient (Wildman–Crippen LogP) is 1.32. The Morgan fingerprint density at radius 2 is 2.04 bits per heavy atom. The van der Waals surface area contributed by atoms with Crippen LogP contribution in [0.1, 0.15) is 20.8 Å². The summed E-state index contributed by atoms with van der Waals surface area (Å²) in [6, 6.07) is 0. The maximum Gasteiger partial charge on any atom is 0.356 e. The molecule has 0 aliphatic rings. The van der Waals surface area contributed by atoms with Crippen LogP contribution in [0.25, 0.3) is 11.2 Å². The van der Waals surface area contributed by atoms with Gasteiger partial charge in [-0.25, -0.2) is 4.98 Å². The van der Waals surface area contributed by atoms with Crippen molar-refractivity contribution >= 4 is 30.6 Å². The first-order chi connectivity index (χ1) is 12.4. The zero-order valence-corrected chi connectivity index (χ0v) is 15.7. The standard InChI is InChI=1S/C14H22N5O6P/c1-4-24-26(22,25-5-2)9-23-7-6-19-8-15-11-12(19)17-14(16-10(3)20)18-13(11)21/h8H,4-7,9H2,1-3H3,(H2,16,17,18,20,21). The van der Waals surface area contributed by atoms with Crippen molar-refractivity contribution in [3.8, 4) is 0 Å². The number of hydrogen-bond donors (Lipinski definition) is 2. The number of fused-ring (bicyclic) bond motifs is 1. The summed E-state index contributed by atoms with van der Waals surface area (Å²) in [5.74, 6) is -0.320. The molecule has 0 spiro atoms. The summed E-state index contributed by atoms with van der Waals surface area (Å²) in [6.45, 7) is 5.75. The molecule has 0 aliphatic heterocycles. The molecule has 2 aromatic rings. The molecule has 0 radical (unpaired) electrons. The summed E-state index contributed by atoms with van der Waals surface area (Å²) in [6.07, 6.45) is 1.27. The minimum atomic E-state index is -3.27. The molecule has 0 aromatic carbocycles. The monoisotopic (exact) mass is 387 g/mol. The van der Waals surface area contributed by atoms with Crippen LogP contribution in [0, 0.1) is 0 Å². The lowest BCUT2D eigenvalue weighted by Crippen LogP contribution is -2.17. The number of nitrogens with zero attached hydrogens (tertiary/aromatic N) is 3. The number of amides is 1. The SMILES string of the molecule is CCOP(=O)(COCCn1cnc2c(=O)[nH]c(NC(C)=O)nc21)OCC. The number of anilines is 1. The molecule has 0 atom stereocenters. The van der Waals surface area contributed by atoms with E-state index in [-0.39, 0.29) is 43.5 Å². The van der Waals surface area contributed by atoms with E-state index in [2.05, 4.69) is 20.3 Å². The first kappa shape index (κ1) is 20.2. The van der Waals surface area contributed by atoms with Gasteiger partial charge < -0.3 is 18.4 Å². The fraction of sp³-hybridized carbons (Fsp3) is 0.571. The van der Waals surface area contributed by atoms with Gasteiger partial charge in [0.2, 0.25) is 11.9 Å². The fourth-order valence-electron chi connectivity index (χ4n) is 2.19. The lowest BCUT2D eigenvalue weighted by molar-refractivity contribution is -0.114. The van der Waals surface area contributed by atoms with Gasteiger partial charge >= 0.3 is 7.60 Å². The van der Waals surface area contributed by atoms with E-state index in [4.69, 9.17) is 13.8 Å². The van der Waals surface area contributed by atoms with E-state index in [9.17, 15) is 14.2 Å². The summed E-state index contributed by atoms with van der Waals surface area (Å²) >= 11 is 0. The summed E-state index contributed by atoms with van der Waals surface area (Å²) < 4.78 is 29.6. The molecule has 0 fully saturated rings. The highest BCUT2D eigenvalue weighted by Crippen LogP contribution is 2.47. The van der Waals surface area contributed by atoms with Gasteiger partial charge in [-0.2, -0.15) is 4.98 Å². The molecule has 0 unspecified atom stereocenters. The number of H-pyrrole nitrogens is 1. The number of aromatic nitrogens is 4. The van der Waals surface area contributed by atoms with Crippen LogP contribution in [0.15, 0.2) is 11.1 Å². The van der Waals surface area contributed by atoms with E-state index in [0.29, 0.717) is 12.2 Å². The Hall–Kier alpha value is -2.07. The molecule has 2 aromatic heterocycles. The number of carbonyl (C=O) groups excluding carboxylic acids is 1. The third kappa shape index (κ3) is 5.21. The average molecular weight is 387 g/mol. The second-order valence-corrected chi connectivity index (χ2v) is 7.19. The van der Waals surface area contributed by atoms with Gasteiger partial charge in [0.25, 0.3) is 5.56 Å². The Bertz CT molecular complexity index is 853. The molecule has 26 heavy (non-hydrogen) atoms. The van der Waals surface area contributed by atoms with Crippen LogP contribution < -0.4 is 10.9 Å². The summed E-state index contributed by atoms with van der Waals surface area (Å²) in [5, 5.41) is 2.42. The average Bonchev–Trinajstić information content (AvgIpc) is 2.95. The van der Waals surface area contributed by atoms with E-state index >= 15 is 0 Å². The molecule has 0 bridgehead atoms. The molecule has 2 N–H and O–H groups in total. The van der Waals surface area contributed by atoms with Crippen LogP contribution >= 0.6 is 7.60 Å². The van der Waals surface area contributed by atoms with Crippen LogP contribution in [0.4, 0.5) is 5.95 Å². The van der Waals surface area contributed by atoms with Crippen LogP contribution in [-0.2, 0) is 29.7 Å². The Morgan fingerprint density at radius 1 is 1.35 bits per heavy atom. The molecule has 0 saturated heterocycles. The predicted molar refractivity (Wildman–Crippen MR) is 94.1 cm³/mol. The highest BCUT2D eigenvalue weighted by molar-refractivity contribution is 7.53. The van der Waals surface area contributed by atoms with Crippen LogP contribution in [-0.4, -0.2) is 51.6 Å². The smallest absolute Gasteiger partial charge is 0.356 e. The van der Waals surface area contributed by atoms with E-state index in [1.165, 1.54) is 13.3 Å². The highest BCUT2D eigenvalue weighted by Gasteiger charge is 2.23. The highest BCUT2D eigenvalue weighted by atomic mass is 31.2. The Labute approximate surface area is 149 Å². The van der Waals surface area contributed by atoms with E-state index < -0.39 is 13.2 Å². The number of hydrogen-bond acceptors (Lipinski definition) is 8. The van der Waals surface area contributed by atoms with E-state index in [1.807, 2.05) is 0 Å². The molecule has 0 aliphatic carbocycles. The Kier molecular flexibility index (Phi) is 7.04. The Balaban J connectivity index is 2.04. The van der Waals surface area contributed by atoms with Crippen LogP contribution in [0.3, 0.4) is 0 Å². The lowest BCUT2D eigenvalue weighted by Gasteiger charge is -2.16. The molecular formula is C14H22N5O6P. The van der Waals surface area contributed by atoms with Crippen molar-refractivity contribution in [1.29, 1.82) is 0 Å². The molecule has 2 rings (SSSR count). The zero-order valence-electron chi connectivity index (χ0n) is 14.9. The number of nitrogens with one attached hydrogen (secondary N) is 2. The lowest BCUT2D eigenvalue weighted by atomic mass is 10.5. The number of aromatic amines is 1. The van der Waals surface area contributed by atoms with Gasteiger partial charge in [0.15, 0.2) is 11.2 Å². The van der Waals surface area contributed by atoms with E-state index in [0.717, 1.165) is 0 Å². The second-order valence-electron chi connectivity index (χ2n) is 5.19. The van der Waals surface area contributed by atoms with E-state index in [1.54, 1.807) is 18.4 Å². The summed E-state index contributed by atoms with van der Waals surface area (Å²) in [7, 11) is -3.27. The molecular weight excluding hydrogens is 365 g/mol. The van der Waals surface area contributed by atoms with Gasteiger partial charge in [0.1, 0.15) is 6.35 Å². The van der Waals surface area contributed by atoms with Crippen molar-refractivity contribution in [2.45, 2.75) is 27.3 Å². The molecule has 0 saturated carbocycles. The number of carbonyl (C=O) groups is 1. The maximum atomic E-state index is 12.3. The van der Waals surface area contributed by atoms with Gasteiger partial charge in [-0.1, -0.05) is 0 Å². The molecule has 144 valence electrons. The van der Waals surface area contributed by atoms with Gasteiger partial charge in [0.05, 0.1) is 26.1 Å². The third-order valence-corrected chi connectivity index (χ3v) is 4.95. The molecule has 12 heteroatoms. The first-order valence-corrected chi connectivity index (χ1v) is 9.80. The molecule has 1 amide bonds. The quantitative estimate of drug-likeness (QED) is 0.460. The van der Waals surface area contributed by atoms with Crippen LogP contribution in [0.2, 0.25) is 0 Å². The maximum absolute atomic E-state index is 12.3. The number of rotatable bonds is 10. The molecule has 11 nitrogen and oxygen atoms in total. The summed E-state index contributed by atoms with van der Waals surface area (Å²) in [4.78, 5) is 33.7. The normalized spacial score (nSPS) is 11.8. The van der Waals surface area contributed by atoms with Crippen molar-refractivity contribution in [2.75, 3.05) is 31.5 Å². The minimum Gasteiger partial charge on any atom is -0.367 e. The zero-order chi connectivity index (χ0) is 19.2. The van der Waals surface area contributed by atoms with Gasteiger partial charge in [-0.15, -0.1) is 0 Å². The topological polar surface area (TPSA) is 137 Å². The van der Waals surface area contributed by atoms with Crippen molar-refractivity contribution in [3.05, 3.63) is 16.7 Å². The molecule has 2 heterocycles. The number of imidazole rings is 1. The van der Waals surface area contributed by atoms with Crippen LogP contribution in [0.5, 0.6) is 0 Å². The first-order valence-electron chi connectivity index (χ1n) is 8.07. The Morgan fingerprint density at radius 3 is 2.65 bits per heavy atom. The van der Waals surface area contributed by atoms with Crippen molar-refractivity contribution in [1.82, 2.24) is 19.5 Å². The fourth-order valence-corrected chi connectivity index (χ4v) is 3.55. The van der Waals surface area contributed by atoms with Crippen molar-refractivity contribution in [3.63, 3.8) is 0 Å². The van der Waals surface area contributed by atoms with Crippen molar-refractivity contribution < 1.29 is 23.1 Å². The second kappa shape index (κ2) is 9.04. The number of ether oxygens (including phenoxy) is 1. The largest absolute Gasteiger partial charge is 0.367 e. The summed E-state index contributed by atoms with van der Waals surface area (Å²) in [5.41, 5.74) is -0.0112. The minimum absolute atomic E-state index is 0.0369. The van der Waals surface area contributed by atoms with Gasteiger partial charge in [0, 0.05) is 13.5 Å². The van der Waals surface area contributed by atoms with Gasteiger partial charge in [-0.3, -0.25) is 24.5 Å². The van der Waals surface area contributed by atoms with Gasteiger partial charge in [-0.05, 0) is 13.8 Å².